The first-order valence-corrected chi connectivity index (χ1v) is 8.33. The number of hydrogen-bond acceptors (Lipinski definition) is 6. The molecule has 0 aliphatic rings. The van der Waals surface area contributed by atoms with Gasteiger partial charge in [-0.1, -0.05) is 6.07 Å². The lowest BCUT2D eigenvalue weighted by Gasteiger charge is -2.11. The highest BCUT2D eigenvalue weighted by atomic mass is 16.5. The van der Waals surface area contributed by atoms with Crippen molar-refractivity contribution in [2.45, 2.75) is 6.42 Å². The van der Waals surface area contributed by atoms with Crippen LogP contribution in [0.1, 0.15) is 27.1 Å². The largest absolute Gasteiger partial charge is 0.465 e. The second kappa shape index (κ2) is 9.53. The van der Waals surface area contributed by atoms with Crippen molar-refractivity contribution in [3.05, 3.63) is 53.9 Å². The number of esters is 1. The summed E-state index contributed by atoms with van der Waals surface area (Å²) >= 11 is 0. The van der Waals surface area contributed by atoms with Crippen LogP contribution in [0.4, 0.5) is 11.4 Å². The number of anilines is 2. The van der Waals surface area contributed by atoms with Crippen LogP contribution in [0.15, 0.2) is 42.7 Å². The molecule has 0 aliphatic heterocycles. The van der Waals surface area contributed by atoms with Crippen molar-refractivity contribution in [1.82, 2.24) is 9.88 Å². The zero-order valence-corrected chi connectivity index (χ0v) is 15.3. The number of aromatic nitrogens is 1. The highest BCUT2D eigenvalue weighted by molar-refractivity contribution is 6.05. The third-order valence-corrected chi connectivity index (χ3v) is 3.65. The first-order chi connectivity index (χ1) is 12.5. The highest BCUT2D eigenvalue weighted by Crippen LogP contribution is 2.14. The third kappa shape index (κ3) is 5.86. The Morgan fingerprint density at radius 2 is 1.88 bits per heavy atom. The van der Waals surface area contributed by atoms with Crippen LogP contribution in [-0.4, -0.2) is 56.1 Å². The predicted molar refractivity (Wildman–Crippen MR) is 102 cm³/mol. The smallest absolute Gasteiger partial charge is 0.337 e. The van der Waals surface area contributed by atoms with E-state index < -0.39 is 5.97 Å². The van der Waals surface area contributed by atoms with Gasteiger partial charge < -0.3 is 20.3 Å². The van der Waals surface area contributed by atoms with Gasteiger partial charge in [0.25, 0.3) is 5.91 Å². The van der Waals surface area contributed by atoms with Crippen molar-refractivity contribution < 1.29 is 14.3 Å². The van der Waals surface area contributed by atoms with Gasteiger partial charge in [-0.15, -0.1) is 0 Å². The first-order valence-electron chi connectivity index (χ1n) is 8.33. The average Bonchev–Trinajstić information content (AvgIpc) is 2.65. The lowest BCUT2D eigenvalue weighted by molar-refractivity contribution is 0.0600. The standard InChI is InChI=1S/C19H24N4O3/c1-23(2)9-5-8-21-17-11-15(12-20-13-17)18(24)22-16-7-4-6-14(10-16)19(25)26-3/h4,6-7,10-13,21H,5,8-9H2,1-3H3,(H,22,24). The quantitative estimate of drug-likeness (QED) is 0.558. The van der Waals surface area contributed by atoms with Crippen LogP contribution >= 0.6 is 0 Å². The van der Waals surface area contributed by atoms with Gasteiger partial charge in [0.2, 0.25) is 0 Å². The van der Waals surface area contributed by atoms with Crippen LogP contribution in [0.25, 0.3) is 0 Å². The summed E-state index contributed by atoms with van der Waals surface area (Å²) < 4.78 is 4.69. The van der Waals surface area contributed by atoms with E-state index >= 15 is 0 Å². The van der Waals surface area contributed by atoms with Gasteiger partial charge >= 0.3 is 5.97 Å². The summed E-state index contributed by atoms with van der Waals surface area (Å²) in [5.74, 6) is -0.747. The SMILES string of the molecule is COC(=O)c1cccc(NC(=O)c2cncc(NCCCN(C)C)c2)c1. The van der Waals surface area contributed by atoms with Crippen LogP contribution in [-0.2, 0) is 4.74 Å². The summed E-state index contributed by atoms with van der Waals surface area (Å²) in [6.07, 6.45) is 4.18. The second-order valence-corrected chi connectivity index (χ2v) is 6.07. The summed E-state index contributed by atoms with van der Waals surface area (Å²) in [4.78, 5) is 30.2. The molecule has 0 spiro atoms. The van der Waals surface area contributed by atoms with Crippen molar-refractivity contribution >= 4 is 23.3 Å². The number of ether oxygens (including phenoxy) is 1. The fraction of sp³-hybridized carbons (Fsp3) is 0.316. The number of hydrogen-bond donors (Lipinski definition) is 2. The highest BCUT2D eigenvalue weighted by Gasteiger charge is 2.10. The molecule has 7 heteroatoms. The van der Waals surface area contributed by atoms with E-state index in [-0.39, 0.29) is 5.91 Å². The van der Waals surface area contributed by atoms with Crippen LogP contribution in [0.5, 0.6) is 0 Å². The van der Waals surface area contributed by atoms with E-state index in [1.807, 2.05) is 14.1 Å². The third-order valence-electron chi connectivity index (χ3n) is 3.65. The van der Waals surface area contributed by atoms with E-state index in [2.05, 4.69) is 25.3 Å². The molecule has 0 aliphatic carbocycles. The zero-order chi connectivity index (χ0) is 18.9. The number of nitrogens with zero attached hydrogens (tertiary/aromatic N) is 2. The molecule has 7 nitrogen and oxygen atoms in total. The number of nitrogens with one attached hydrogen (secondary N) is 2. The minimum atomic E-state index is -0.452. The Balaban J connectivity index is 1.99. The van der Waals surface area contributed by atoms with E-state index in [0.717, 1.165) is 25.2 Å². The van der Waals surface area contributed by atoms with E-state index in [1.54, 1.807) is 36.5 Å². The van der Waals surface area contributed by atoms with Crippen molar-refractivity contribution in [3.63, 3.8) is 0 Å². The molecule has 0 radical (unpaired) electrons. The molecule has 138 valence electrons. The van der Waals surface area contributed by atoms with Gasteiger partial charge in [-0.25, -0.2) is 4.79 Å². The van der Waals surface area contributed by atoms with Gasteiger partial charge in [-0.05, 0) is 51.3 Å². The minimum Gasteiger partial charge on any atom is -0.465 e. The maximum absolute atomic E-state index is 12.4. The predicted octanol–water partition coefficient (Wildman–Crippen LogP) is 2.48. The van der Waals surface area contributed by atoms with Gasteiger partial charge in [0.15, 0.2) is 0 Å². The molecule has 0 saturated heterocycles. The van der Waals surface area contributed by atoms with Crippen LogP contribution < -0.4 is 10.6 Å². The fourth-order valence-electron chi connectivity index (χ4n) is 2.33. The molecular formula is C19H24N4O3. The van der Waals surface area contributed by atoms with Gasteiger partial charge in [-0.2, -0.15) is 0 Å². The Hall–Kier alpha value is -2.93. The Morgan fingerprint density at radius 3 is 2.62 bits per heavy atom. The van der Waals surface area contributed by atoms with Gasteiger partial charge in [0, 0.05) is 24.6 Å². The molecule has 2 rings (SSSR count). The molecule has 2 aromatic rings. The van der Waals surface area contributed by atoms with E-state index in [1.165, 1.54) is 13.3 Å². The molecule has 0 unspecified atom stereocenters. The Bertz CT molecular complexity index is 762. The van der Waals surface area contributed by atoms with Gasteiger partial charge in [-0.3, -0.25) is 9.78 Å². The summed E-state index contributed by atoms with van der Waals surface area (Å²) in [7, 11) is 5.37. The van der Waals surface area contributed by atoms with Crippen LogP contribution in [0.3, 0.4) is 0 Å². The summed E-state index contributed by atoms with van der Waals surface area (Å²) in [6.45, 7) is 1.78. The molecule has 2 N–H and O–H groups in total. The second-order valence-electron chi connectivity index (χ2n) is 6.07. The molecule has 0 bridgehead atoms. The Labute approximate surface area is 153 Å². The lowest BCUT2D eigenvalue weighted by Crippen LogP contribution is -2.17. The number of rotatable bonds is 8. The van der Waals surface area contributed by atoms with Crippen LogP contribution in [0, 0.1) is 0 Å². The summed E-state index contributed by atoms with van der Waals surface area (Å²) in [6, 6.07) is 8.34. The summed E-state index contributed by atoms with van der Waals surface area (Å²) in [5.41, 5.74) is 2.12. The Kier molecular flexibility index (Phi) is 7.11. The van der Waals surface area contributed by atoms with Crippen LogP contribution in [0.2, 0.25) is 0 Å². The van der Waals surface area contributed by atoms with Crippen molar-refractivity contribution in [1.29, 1.82) is 0 Å². The van der Waals surface area contributed by atoms with Crippen molar-refractivity contribution in [3.8, 4) is 0 Å². The minimum absolute atomic E-state index is 0.295. The molecule has 26 heavy (non-hydrogen) atoms. The topological polar surface area (TPSA) is 83.6 Å². The molecule has 1 amide bonds. The first kappa shape index (κ1) is 19.4. The number of carbonyl (C=O) groups is 2. The molecule has 1 aromatic heterocycles. The van der Waals surface area contributed by atoms with E-state index in [0.29, 0.717) is 16.8 Å². The maximum Gasteiger partial charge on any atom is 0.337 e. The van der Waals surface area contributed by atoms with E-state index in [9.17, 15) is 9.59 Å². The number of amides is 1. The van der Waals surface area contributed by atoms with Gasteiger partial charge in [0.05, 0.1) is 23.9 Å². The Morgan fingerprint density at radius 1 is 1.12 bits per heavy atom. The van der Waals surface area contributed by atoms with Crippen molar-refractivity contribution in [2.75, 3.05) is 44.9 Å². The molecular weight excluding hydrogens is 332 g/mol. The fourth-order valence-corrected chi connectivity index (χ4v) is 2.33. The maximum atomic E-state index is 12.4. The average molecular weight is 356 g/mol. The molecule has 0 saturated carbocycles. The molecule has 1 heterocycles. The number of carbonyl (C=O) groups excluding carboxylic acids is 2. The number of methoxy groups -OCH3 is 1. The lowest BCUT2D eigenvalue weighted by atomic mass is 10.2. The van der Waals surface area contributed by atoms with Gasteiger partial charge in [0.1, 0.15) is 0 Å². The molecule has 0 fully saturated rings. The zero-order valence-electron chi connectivity index (χ0n) is 15.3. The summed E-state index contributed by atoms with van der Waals surface area (Å²) in [5, 5.41) is 6.03. The number of benzene rings is 1. The normalized spacial score (nSPS) is 10.5. The number of pyridine rings is 1. The molecule has 0 atom stereocenters. The van der Waals surface area contributed by atoms with E-state index in [4.69, 9.17) is 0 Å². The van der Waals surface area contributed by atoms with Crippen molar-refractivity contribution in [2.24, 2.45) is 0 Å². The monoisotopic (exact) mass is 356 g/mol. The molecule has 1 aromatic carbocycles.